The zero-order valence-electron chi connectivity index (χ0n) is 24.2. The minimum absolute atomic E-state index is 0.00697. The number of carbonyl (C=O) groups excluding carboxylic acids is 1. The molecule has 0 saturated heterocycles. The molecule has 5 nitrogen and oxygen atoms in total. The van der Waals surface area contributed by atoms with E-state index in [1.165, 1.54) is 0 Å². The maximum absolute atomic E-state index is 12.9. The van der Waals surface area contributed by atoms with Crippen molar-refractivity contribution >= 4 is 22.4 Å². The Labute approximate surface area is 215 Å². The second-order valence-corrected chi connectivity index (χ2v) is 24.6. The van der Waals surface area contributed by atoms with Crippen LogP contribution in [-0.4, -0.2) is 56.0 Å². The largest absolute Gasteiger partial charge is 0.413 e. The first kappa shape index (κ1) is 27.7. The molecular formula is C28H50O5Si2. The topological polar surface area (TPSA) is 76.0 Å². The fraction of sp³-hybridized carbons (Fsp3) is 0.893. The molecule has 0 aliphatic heterocycles. The van der Waals surface area contributed by atoms with Gasteiger partial charge in [0.25, 0.3) is 0 Å². The van der Waals surface area contributed by atoms with E-state index in [1.807, 2.05) is 6.92 Å². The average molecular weight is 523 g/mol. The predicted molar refractivity (Wildman–Crippen MR) is 145 cm³/mol. The highest BCUT2D eigenvalue weighted by atomic mass is 28.4. The fourth-order valence-electron chi connectivity index (χ4n) is 7.78. The number of allylic oxidation sites excluding steroid dienone is 1. The van der Waals surface area contributed by atoms with Gasteiger partial charge in [-0.25, -0.2) is 0 Å². The van der Waals surface area contributed by atoms with Gasteiger partial charge in [0.1, 0.15) is 5.60 Å². The highest BCUT2D eigenvalue weighted by Crippen LogP contribution is 2.74. The molecule has 0 aromatic heterocycles. The number of hydrogen-bond acceptors (Lipinski definition) is 5. The van der Waals surface area contributed by atoms with E-state index in [-0.39, 0.29) is 46.5 Å². The van der Waals surface area contributed by atoms with Gasteiger partial charge in [0.15, 0.2) is 22.4 Å². The second-order valence-electron chi connectivity index (χ2n) is 15.4. The summed E-state index contributed by atoms with van der Waals surface area (Å²) in [5.74, 6) is 0.553. The molecule has 0 aromatic carbocycles. The van der Waals surface area contributed by atoms with Crippen LogP contribution in [-0.2, 0) is 13.6 Å². The van der Waals surface area contributed by atoms with Crippen LogP contribution in [0, 0.1) is 35.0 Å². The second kappa shape index (κ2) is 7.85. The Bertz CT molecular complexity index is 929. The summed E-state index contributed by atoms with van der Waals surface area (Å²) >= 11 is 0. The molecule has 4 aliphatic carbocycles. The monoisotopic (exact) mass is 522 g/mol. The molecule has 0 bridgehead atoms. The Morgan fingerprint density at radius 3 is 2.14 bits per heavy atom. The molecule has 0 amide bonds. The highest BCUT2D eigenvalue weighted by molar-refractivity contribution is 6.74. The minimum atomic E-state index is -2.23. The summed E-state index contributed by atoms with van der Waals surface area (Å²) in [7, 11) is -4.39. The molecule has 4 aliphatic rings. The Hall–Kier alpha value is -0.316. The molecule has 0 spiro atoms. The highest BCUT2D eigenvalue weighted by Gasteiger charge is 2.76. The van der Waals surface area contributed by atoms with Gasteiger partial charge in [-0.1, -0.05) is 48.5 Å². The van der Waals surface area contributed by atoms with Crippen LogP contribution in [0.5, 0.6) is 0 Å². The van der Waals surface area contributed by atoms with Gasteiger partial charge in [-0.3, -0.25) is 4.79 Å². The van der Waals surface area contributed by atoms with E-state index in [0.717, 1.165) is 6.42 Å². The maximum atomic E-state index is 12.9. The summed E-state index contributed by atoms with van der Waals surface area (Å²) in [6.07, 6.45) is 1.22. The Morgan fingerprint density at radius 2 is 1.63 bits per heavy atom. The number of rotatable bonds is 4. The van der Waals surface area contributed by atoms with Gasteiger partial charge in [-0.15, -0.1) is 0 Å². The van der Waals surface area contributed by atoms with Crippen LogP contribution in [0.4, 0.5) is 0 Å². The van der Waals surface area contributed by atoms with Crippen molar-refractivity contribution in [2.45, 2.75) is 122 Å². The Kier molecular flexibility index (Phi) is 6.22. The van der Waals surface area contributed by atoms with Crippen LogP contribution in [0.2, 0.25) is 37.8 Å². The SMILES string of the molecule is C[C@H]1[C@@H](O[Si](C)(C)C(C)(C)C)[C@H]2C3[C@@H](C[C@@H](C)[C@]2(O[Si](C)(C)C)C2=CC(=O)CC2(O)[C@@H]1O)C3(C)C. The van der Waals surface area contributed by atoms with Crippen molar-refractivity contribution in [1.29, 1.82) is 0 Å². The lowest BCUT2D eigenvalue weighted by molar-refractivity contribution is -0.124. The van der Waals surface area contributed by atoms with Crippen LogP contribution in [0.1, 0.15) is 61.3 Å². The van der Waals surface area contributed by atoms with Gasteiger partial charge in [0.2, 0.25) is 0 Å². The molecule has 0 heterocycles. The molecule has 3 fully saturated rings. The van der Waals surface area contributed by atoms with E-state index >= 15 is 0 Å². The minimum Gasteiger partial charge on any atom is -0.413 e. The van der Waals surface area contributed by atoms with Gasteiger partial charge in [0, 0.05) is 18.3 Å². The molecule has 4 rings (SSSR count). The zero-order chi connectivity index (χ0) is 26.7. The molecular weight excluding hydrogens is 472 g/mol. The summed E-state index contributed by atoms with van der Waals surface area (Å²) in [5.41, 5.74) is -1.66. The third-order valence-corrected chi connectivity index (χ3v) is 16.0. The number of carbonyl (C=O) groups is 1. The quantitative estimate of drug-likeness (QED) is 0.474. The van der Waals surface area contributed by atoms with E-state index in [1.54, 1.807) is 6.08 Å². The average Bonchev–Trinajstić information content (AvgIpc) is 3.05. The van der Waals surface area contributed by atoms with E-state index in [2.05, 4.69) is 74.3 Å². The first-order valence-electron chi connectivity index (χ1n) is 13.6. The van der Waals surface area contributed by atoms with Gasteiger partial charge in [0.05, 0.1) is 17.8 Å². The van der Waals surface area contributed by atoms with Crippen LogP contribution in [0.3, 0.4) is 0 Å². The molecule has 9 atom stereocenters. The Balaban J connectivity index is 2.02. The first-order valence-corrected chi connectivity index (χ1v) is 20.0. The summed E-state index contributed by atoms with van der Waals surface area (Å²) in [6, 6.07) is 0. The Morgan fingerprint density at radius 1 is 1.06 bits per heavy atom. The van der Waals surface area contributed by atoms with Gasteiger partial charge in [-0.05, 0) is 79.0 Å². The van der Waals surface area contributed by atoms with Crippen molar-refractivity contribution in [3.63, 3.8) is 0 Å². The third kappa shape index (κ3) is 3.94. The lowest BCUT2D eigenvalue weighted by Gasteiger charge is -2.56. The third-order valence-electron chi connectivity index (χ3n) is 10.6. The molecule has 2 N–H and O–H groups in total. The lowest BCUT2D eigenvalue weighted by Crippen LogP contribution is -2.62. The van der Waals surface area contributed by atoms with E-state index in [0.29, 0.717) is 17.4 Å². The maximum Gasteiger partial charge on any atom is 0.192 e. The summed E-state index contributed by atoms with van der Waals surface area (Å²) in [5, 5.41) is 24.0. The van der Waals surface area contributed by atoms with E-state index in [4.69, 9.17) is 8.85 Å². The normalized spacial score (nSPS) is 45.3. The molecule has 35 heavy (non-hydrogen) atoms. The van der Waals surface area contributed by atoms with E-state index in [9.17, 15) is 15.0 Å². The first-order chi connectivity index (χ1) is 15.6. The number of aliphatic hydroxyl groups excluding tert-OH is 1. The number of hydrogen-bond donors (Lipinski definition) is 2. The van der Waals surface area contributed by atoms with Crippen molar-refractivity contribution in [2.24, 2.45) is 35.0 Å². The fourth-order valence-corrected chi connectivity index (χ4v) is 10.6. The van der Waals surface area contributed by atoms with Crippen LogP contribution < -0.4 is 0 Å². The van der Waals surface area contributed by atoms with Crippen LogP contribution in [0.25, 0.3) is 0 Å². The van der Waals surface area contributed by atoms with Gasteiger partial charge in [-0.2, -0.15) is 0 Å². The molecule has 0 radical (unpaired) electrons. The summed E-state index contributed by atoms with van der Waals surface area (Å²) in [6.45, 7) is 26.9. The van der Waals surface area contributed by atoms with Crippen molar-refractivity contribution in [3.8, 4) is 0 Å². The van der Waals surface area contributed by atoms with Crippen LogP contribution >= 0.6 is 0 Å². The van der Waals surface area contributed by atoms with Gasteiger partial charge < -0.3 is 19.1 Å². The summed E-state index contributed by atoms with van der Waals surface area (Å²) < 4.78 is 14.6. The molecule has 3 saturated carbocycles. The predicted octanol–water partition coefficient (Wildman–Crippen LogP) is 5.54. The van der Waals surface area contributed by atoms with Crippen molar-refractivity contribution in [1.82, 2.24) is 0 Å². The molecule has 7 heteroatoms. The number of fused-ring (bicyclic) bond motifs is 5. The molecule has 200 valence electrons. The lowest BCUT2D eigenvalue weighted by atomic mass is 9.62. The molecule has 2 unspecified atom stereocenters. The number of ketones is 1. The molecule has 0 aromatic rings. The summed E-state index contributed by atoms with van der Waals surface area (Å²) in [4.78, 5) is 12.9. The van der Waals surface area contributed by atoms with E-state index < -0.39 is 33.9 Å². The van der Waals surface area contributed by atoms with Gasteiger partial charge >= 0.3 is 0 Å². The van der Waals surface area contributed by atoms with Crippen molar-refractivity contribution in [2.75, 3.05) is 0 Å². The van der Waals surface area contributed by atoms with Crippen molar-refractivity contribution < 1.29 is 23.9 Å². The van der Waals surface area contributed by atoms with Crippen molar-refractivity contribution in [3.05, 3.63) is 11.6 Å². The smallest absolute Gasteiger partial charge is 0.192 e. The number of aliphatic hydroxyl groups is 2. The standard InChI is InChI=1S/C28H50O5Si2/c1-16-13-19-21(26(19,6)7)22-23(32-35(11,12)25(3,4)5)17(2)24(30)27(31)15-18(29)14-20(27)28(16,22)33-34(8,9)10/h14,16-17,19,21-24,30-31H,13,15H2,1-12H3/t16-,17+,19-,21?,22-,23-,24-,27?,28+/m1/s1. The zero-order valence-corrected chi connectivity index (χ0v) is 26.2. The van der Waals surface area contributed by atoms with Crippen LogP contribution in [0.15, 0.2) is 11.6 Å².